The number of ether oxygens (including phenoxy) is 1. The third-order valence-electron chi connectivity index (χ3n) is 2.57. The maximum Gasteiger partial charge on any atom is 0.294 e. The van der Waals surface area contributed by atoms with Crippen LogP contribution in [0.5, 0.6) is 0 Å². The average molecular weight is 239 g/mol. The van der Waals surface area contributed by atoms with Gasteiger partial charge in [0.05, 0.1) is 17.6 Å². The smallest absolute Gasteiger partial charge is 0.294 e. The van der Waals surface area contributed by atoms with E-state index >= 15 is 0 Å². The molecule has 0 aliphatic rings. The van der Waals surface area contributed by atoms with E-state index in [1.165, 1.54) is 6.07 Å². The molecule has 3 N–H and O–H groups in total. The molecule has 1 unspecified atom stereocenters. The largest absolute Gasteiger partial charge is 0.374 e. The fourth-order valence-electron chi connectivity index (χ4n) is 1.38. The van der Waals surface area contributed by atoms with E-state index in [1.54, 1.807) is 12.1 Å². The quantitative estimate of drug-likeness (QED) is 0.451. The van der Waals surface area contributed by atoms with Gasteiger partial charge < -0.3 is 10.2 Å². The Morgan fingerprint density at radius 1 is 1.59 bits per heavy atom. The maximum absolute atomic E-state index is 10.8. The molecule has 6 nitrogen and oxygen atoms in total. The van der Waals surface area contributed by atoms with Crippen LogP contribution < -0.4 is 11.3 Å². The second kappa shape index (κ2) is 6.17. The zero-order valence-electron chi connectivity index (χ0n) is 9.97. The molecule has 0 aliphatic heterocycles. The van der Waals surface area contributed by atoms with E-state index in [0.717, 1.165) is 6.42 Å². The van der Waals surface area contributed by atoms with Crippen LogP contribution in [0.4, 0.5) is 11.4 Å². The van der Waals surface area contributed by atoms with Crippen LogP contribution >= 0.6 is 0 Å². The van der Waals surface area contributed by atoms with Crippen LogP contribution in [0, 0.1) is 10.1 Å². The third kappa shape index (κ3) is 3.40. The highest BCUT2D eigenvalue weighted by molar-refractivity contribution is 5.65. The van der Waals surface area contributed by atoms with Gasteiger partial charge in [0, 0.05) is 11.6 Å². The van der Waals surface area contributed by atoms with Crippen molar-refractivity contribution < 1.29 is 9.66 Å². The lowest BCUT2D eigenvalue weighted by Crippen LogP contribution is -2.13. The summed E-state index contributed by atoms with van der Waals surface area (Å²) in [6, 6.07) is 4.78. The van der Waals surface area contributed by atoms with Gasteiger partial charge in [0.15, 0.2) is 0 Å². The number of nitro benzene ring substituents is 1. The molecule has 0 radical (unpaired) electrons. The van der Waals surface area contributed by atoms with Gasteiger partial charge in [-0.25, -0.2) is 0 Å². The van der Waals surface area contributed by atoms with Crippen molar-refractivity contribution in [3.05, 3.63) is 33.9 Å². The second-order valence-electron chi connectivity index (χ2n) is 3.74. The molecule has 0 saturated heterocycles. The highest BCUT2D eigenvalue weighted by atomic mass is 16.6. The van der Waals surface area contributed by atoms with Crippen molar-refractivity contribution in [2.75, 3.05) is 5.43 Å². The minimum Gasteiger partial charge on any atom is -0.374 e. The highest BCUT2D eigenvalue weighted by Crippen LogP contribution is 2.28. The third-order valence-corrected chi connectivity index (χ3v) is 2.57. The Bertz CT molecular complexity index is 396. The first-order valence-corrected chi connectivity index (χ1v) is 5.44. The number of rotatable bonds is 6. The molecule has 0 fully saturated rings. The van der Waals surface area contributed by atoms with Gasteiger partial charge in [0.25, 0.3) is 5.69 Å². The van der Waals surface area contributed by atoms with Crippen molar-refractivity contribution in [2.45, 2.75) is 33.0 Å². The first-order chi connectivity index (χ1) is 8.10. The van der Waals surface area contributed by atoms with E-state index in [-0.39, 0.29) is 11.8 Å². The van der Waals surface area contributed by atoms with Crippen LogP contribution in [-0.4, -0.2) is 11.0 Å². The minimum absolute atomic E-state index is 0.0437. The van der Waals surface area contributed by atoms with Crippen molar-refractivity contribution in [1.29, 1.82) is 0 Å². The van der Waals surface area contributed by atoms with Crippen LogP contribution in [0.25, 0.3) is 0 Å². The van der Waals surface area contributed by atoms with E-state index in [9.17, 15) is 10.1 Å². The van der Waals surface area contributed by atoms with E-state index in [1.807, 2.05) is 13.8 Å². The number of benzene rings is 1. The lowest BCUT2D eigenvalue weighted by molar-refractivity contribution is -0.384. The SMILES string of the molecule is CCC(C)OCc1cccc([N+](=O)[O-])c1NN. The Hall–Kier alpha value is -1.66. The van der Waals surface area contributed by atoms with Gasteiger partial charge >= 0.3 is 0 Å². The molecule has 1 aromatic carbocycles. The summed E-state index contributed by atoms with van der Waals surface area (Å²) in [5, 5.41) is 10.8. The van der Waals surface area contributed by atoms with Crippen molar-refractivity contribution in [3.63, 3.8) is 0 Å². The Kier molecular flexibility index (Phi) is 4.86. The topological polar surface area (TPSA) is 90.4 Å². The van der Waals surface area contributed by atoms with E-state index in [2.05, 4.69) is 5.43 Å². The standard InChI is InChI=1S/C11H17N3O3/c1-3-8(2)17-7-9-5-4-6-10(14(15)16)11(9)13-12/h4-6,8,13H,3,7,12H2,1-2H3. The van der Waals surface area contributed by atoms with E-state index < -0.39 is 4.92 Å². The van der Waals surface area contributed by atoms with Gasteiger partial charge in [-0.3, -0.25) is 16.0 Å². The molecule has 1 aromatic rings. The fraction of sp³-hybridized carbons (Fsp3) is 0.455. The Morgan fingerprint density at radius 3 is 2.82 bits per heavy atom. The van der Waals surface area contributed by atoms with Crippen molar-refractivity contribution in [3.8, 4) is 0 Å². The lowest BCUT2D eigenvalue weighted by atomic mass is 10.1. The van der Waals surface area contributed by atoms with Gasteiger partial charge in [0.2, 0.25) is 0 Å². The number of hydrogen-bond acceptors (Lipinski definition) is 5. The number of anilines is 1. The van der Waals surface area contributed by atoms with Crippen molar-refractivity contribution in [2.24, 2.45) is 5.84 Å². The van der Waals surface area contributed by atoms with Crippen LogP contribution in [0.2, 0.25) is 0 Å². The molecule has 6 heteroatoms. The zero-order chi connectivity index (χ0) is 12.8. The molecule has 0 bridgehead atoms. The Balaban J connectivity index is 2.91. The van der Waals surface area contributed by atoms with Crippen molar-refractivity contribution in [1.82, 2.24) is 0 Å². The molecule has 17 heavy (non-hydrogen) atoms. The molecule has 0 saturated carbocycles. The number of nitrogen functional groups attached to an aromatic ring is 1. The van der Waals surface area contributed by atoms with E-state index in [4.69, 9.17) is 10.6 Å². The Labute approximate surface area is 99.9 Å². The molecule has 0 spiro atoms. The van der Waals surface area contributed by atoms with Crippen LogP contribution in [0.1, 0.15) is 25.8 Å². The highest BCUT2D eigenvalue weighted by Gasteiger charge is 2.16. The molecular formula is C11H17N3O3. The number of nitrogens with zero attached hydrogens (tertiary/aromatic N) is 1. The number of nitrogens with two attached hydrogens (primary N) is 1. The van der Waals surface area contributed by atoms with Gasteiger partial charge in [-0.05, 0) is 13.3 Å². The van der Waals surface area contributed by atoms with Gasteiger partial charge in [-0.2, -0.15) is 0 Å². The molecule has 0 heterocycles. The molecule has 0 aliphatic carbocycles. The van der Waals surface area contributed by atoms with Gasteiger partial charge in [-0.1, -0.05) is 19.1 Å². The molecule has 0 amide bonds. The predicted molar refractivity (Wildman–Crippen MR) is 65.4 cm³/mol. The minimum atomic E-state index is -0.470. The average Bonchev–Trinajstić information content (AvgIpc) is 2.34. The number of para-hydroxylation sites is 1. The molecule has 1 rings (SSSR count). The molecular weight excluding hydrogens is 222 g/mol. The normalized spacial score (nSPS) is 12.2. The maximum atomic E-state index is 10.8. The lowest BCUT2D eigenvalue weighted by Gasteiger charge is -2.13. The molecule has 94 valence electrons. The van der Waals surface area contributed by atoms with E-state index in [0.29, 0.717) is 17.9 Å². The summed E-state index contributed by atoms with van der Waals surface area (Å²) in [5.41, 5.74) is 3.31. The summed E-state index contributed by atoms with van der Waals surface area (Å²) in [6.45, 7) is 4.27. The number of nitro groups is 1. The van der Waals surface area contributed by atoms with Crippen LogP contribution in [0.15, 0.2) is 18.2 Å². The summed E-state index contributed by atoms with van der Waals surface area (Å²) in [7, 11) is 0. The zero-order valence-corrected chi connectivity index (χ0v) is 9.97. The number of hydrazine groups is 1. The molecule has 0 aromatic heterocycles. The van der Waals surface area contributed by atoms with Gasteiger partial charge in [-0.15, -0.1) is 0 Å². The number of nitrogens with one attached hydrogen (secondary N) is 1. The Morgan fingerprint density at radius 2 is 2.29 bits per heavy atom. The molecule has 1 atom stereocenters. The first-order valence-electron chi connectivity index (χ1n) is 5.44. The monoisotopic (exact) mass is 239 g/mol. The van der Waals surface area contributed by atoms with Crippen LogP contribution in [-0.2, 0) is 11.3 Å². The predicted octanol–water partition coefficient (Wildman–Crippen LogP) is 2.20. The summed E-state index contributed by atoms with van der Waals surface area (Å²) in [6.07, 6.45) is 1.00. The summed E-state index contributed by atoms with van der Waals surface area (Å²) in [4.78, 5) is 10.3. The van der Waals surface area contributed by atoms with Crippen LogP contribution in [0.3, 0.4) is 0 Å². The second-order valence-corrected chi connectivity index (χ2v) is 3.74. The summed E-state index contributed by atoms with van der Waals surface area (Å²) in [5.74, 6) is 5.32. The van der Waals surface area contributed by atoms with Gasteiger partial charge in [0.1, 0.15) is 5.69 Å². The first kappa shape index (κ1) is 13.4. The fourth-order valence-corrected chi connectivity index (χ4v) is 1.38. The number of hydrogen-bond donors (Lipinski definition) is 2. The summed E-state index contributed by atoms with van der Waals surface area (Å²) >= 11 is 0. The summed E-state index contributed by atoms with van der Waals surface area (Å²) < 4.78 is 5.54. The van der Waals surface area contributed by atoms with Crippen molar-refractivity contribution >= 4 is 11.4 Å².